The maximum absolute atomic E-state index is 5.86. The van der Waals surface area contributed by atoms with E-state index in [0.29, 0.717) is 0 Å². The second kappa shape index (κ2) is 7.53. The largest absolute Gasteiger partial charge is 0.491 e. The monoisotopic (exact) mass is 276 g/mol. The SMILES string of the molecule is CC1CCC(N(C)CCCOc2ccccc2N)CC1. The summed E-state index contributed by atoms with van der Waals surface area (Å²) in [6, 6.07) is 8.47. The lowest BCUT2D eigenvalue weighted by atomic mass is 9.87. The predicted octanol–water partition coefficient (Wildman–Crippen LogP) is 3.55. The Bertz CT molecular complexity index is 400. The summed E-state index contributed by atoms with van der Waals surface area (Å²) in [6.45, 7) is 4.21. The molecule has 0 heterocycles. The fourth-order valence-corrected chi connectivity index (χ4v) is 2.97. The van der Waals surface area contributed by atoms with Crippen LogP contribution in [0.4, 0.5) is 5.69 Å². The van der Waals surface area contributed by atoms with Crippen molar-refractivity contribution in [3.05, 3.63) is 24.3 Å². The van der Waals surface area contributed by atoms with Crippen molar-refractivity contribution >= 4 is 5.69 Å². The second-order valence-corrected chi connectivity index (χ2v) is 6.13. The van der Waals surface area contributed by atoms with E-state index in [1.807, 2.05) is 24.3 Å². The van der Waals surface area contributed by atoms with Crippen LogP contribution < -0.4 is 10.5 Å². The summed E-state index contributed by atoms with van der Waals surface area (Å²) in [5.41, 5.74) is 6.58. The molecule has 20 heavy (non-hydrogen) atoms. The Hall–Kier alpha value is -1.22. The fraction of sp³-hybridized carbons (Fsp3) is 0.647. The number of anilines is 1. The third kappa shape index (κ3) is 4.41. The summed E-state index contributed by atoms with van der Waals surface area (Å²) < 4.78 is 5.74. The van der Waals surface area contributed by atoms with Crippen molar-refractivity contribution in [1.29, 1.82) is 0 Å². The van der Waals surface area contributed by atoms with E-state index in [2.05, 4.69) is 18.9 Å². The predicted molar refractivity (Wildman–Crippen MR) is 85.0 cm³/mol. The quantitative estimate of drug-likeness (QED) is 0.638. The first-order valence-electron chi connectivity index (χ1n) is 7.84. The molecule has 112 valence electrons. The number of hydrogen-bond acceptors (Lipinski definition) is 3. The molecule has 0 aliphatic heterocycles. The lowest BCUT2D eigenvalue weighted by molar-refractivity contribution is 0.159. The van der Waals surface area contributed by atoms with Crippen LogP contribution in [-0.4, -0.2) is 31.1 Å². The first-order valence-corrected chi connectivity index (χ1v) is 7.84. The van der Waals surface area contributed by atoms with E-state index in [1.165, 1.54) is 25.7 Å². The molecule has 0 radical (unpaired) electrons. The molecule has 1 fully saturated rings. The minimum absolute atomic E-state index is 0.724. The van der Waals surface area contributed by atoms with Gasteiger partial charge in [-0.3, -0.25) is 0 Å². The van der Waals surface area contributed by atoms with Gasteiger partial charge in [0.25, 0.3) is 0 Å². The van der Waals surface area contributed by atoms with Crippen LogP contribution in [0.3, 0.4) is 0 Å². The van der Waals surface area contributed by atoms with Crippen LogP contribution in [0, 0.1) is 5.92 Å². The van der Waals surface area contributed by atoms with Gasteiger partial charge in [-0.25, -0.2) is 0 Å². The van der Waals surface area contributed by atoms with E-state index >= 15 is 0 Å². The topological polar surface area (TPSA) is 38.5 Å². The van der Waals surface area contributed by atoms with Gasteiger partial charge in [-0.15, -0.1) is 0 Å². The zero-order valence-electron chi connectivity index (χ0n) is 12.8. The van der Waals surface area contributed by atoms with Crippen molar-refractivity contribution in [1.82, 2.24) is 4.90 Å². The van der Waals surface area contributed by atoms with Gasteiger partial charge in [-0.05, 0) is 57.2 Å². The first-order chi connectivity index (χ1) is 9.66. The summed E-state index contributed by atoms with van der Waals surface area (Å²) in [4.78, 5) is 2.50. The molecule has 1 aliphatic rings. The highest BCUT2D eigenvalue weighted by Crippen LogP contribution is 2.26. The number of hydrogen-bond donors (Lipinski definition) is 1. The number of para-hydroxylation sites is 2. The van der Waals surface area contributed by atoms with Crippen LogP contribution in [0.15, 0.2) is 24.3 Å². The highest BCUT2D eigenvalue weighted by atomic mass is 16.5. The van der Waals surface area contributed by atoms with Gasteiger partial charge in [0.2, 0.25) is 0 Å². The van der Waals surface area contributed by atoms with Crippen molar-refractivity contribution in [2.45, 2.75) is 45.1 Å². The summed E-state index contributed by atoms with van der Waals surface area (Å²) in [5.74, 6) is 1.73. The Morgan fingerprint density at radius 3 is 2.60 bits per heavy atom. The Balaban J connectivity index is 1.64. The third-order valence-electron chi connectivity index (χ3n) is 4.44. The van der Waals surface area contributed by atoms with Crippen LogP contribution in [0.1, 0.15) is 39.0 Å². The molecule has 3 nitrogen and oxygen atoms in total. The number of nitrogen functional groups attached to an aromatic ring is 1. The molecule has 1 aromatic rings. The van der Waals surface area contributed by atoms with Crippen LogP contribution in [-0.2, 0) is 0 Å². The van der Waals surface area contributed by atoms with Crippen LogP contribution in [0.25, 0.3) is 0 Å². The summed E-state index contributed by atoms with van der Waals surface area (Å²) in [5, 5.41) is 0. The Morgan fingerprint density at radius 2 is 1.90 bits per heavy atom. The van der Waals surface area contributed by atoms with Gasteiger partial charge in [0.05, 0.1) is 12.3 Å². The van der Waals surface area contributed by atoms with Crippen LogP contribution >= 0.6 is 0 Å². The van der Waals surface area contributed by atoms with Gasteiger partial charge in [-0.2, -0.15) is 0 Å². The van der Waals surface area contributed by atoms with Gasteiger partial charge in [0, 0.05) is 12.6 Å². The number of nitrogens with two attached hydrogens (primary N) is 1. The fourth-order valence-electron chi connectivity index (χ4n) is 2.97. The average Bonchev–Trinajstić information content (AvgIpc) is 2.46. The van der Waals surface area contributed by atoms with Gasteiger partial charge >= 0.3 is 0 Å². The van der Waals surface area contributed by atoms with Gasteiger partial charge in [-0.1, -0.05) is 19.1 Å². The Morgan fingerprint density at radius 1 is 1.20 bits per heavy atom. The molecule has 0 spiro atoms. The molecule has 2 N–H and O–H groups in total. The summed E-state index contributed by atoms with van der Waals surface area (Å²) >= 11 is 0. The standard InChI is InChI=1S/C17H28N2O/c1-14-8-10-15(11-9-14)19(2)12-5-13-20-17-7-4-3-6-16(17)18/h3-4,6-7,14-15H,5,8-13,18H2,1-2H3. The minimum Gasteiger partial charge on any atom is -0.491 e. The highest BCUT2D eigenvalue weighted by Gasteiger charge is 2.21. The number of benzene rings is 1. The van der Waals surface area contributed by atoms with Gasteiger partial charge < -0.3 is 15.4 Å². The van der Waals surface area contributed by atoms with Crippen molar-refractivity contribution in [2.75, 3.05) is 25.9 Å². The Labute approximate surface area is 123 Å². The lowest BCUT2D eigenvalue weighted by Gasteiger charge is -2.33. The maximum atomic E-state index is 5.86. The number of ether oxygens (including phenoxy) is 1. The van der Waals surface area contributed by atoms with Crippen LogP contribution in [0.2, 0.25) is 0 Å². The maximum Gasteiger partial charge on any atom is 0.142 e. The summed E-state index contributed by atoms with van der Waals surface area (Å²) in [6.07, 6.45) is 6.52. The van der Waals surface area contributed by atoms with Crippen molar-refractivity contribution in [3.8, 4) is 5.75 Å². The van der Waals surface area contributed by atoms with E-state index in [-0.39, 0.29) is 0 Å². The minimum atomic E-state index is 0.724. The molecule has 0 aromatic heterocycles. The molecular formula is C17H28N2O. The van der Waals surface area contributed by atoms with E-state index in [1.54, 1.807) is 0 Å². The molecule has 0 bridgehead atoms. The highest BCUT2D eigenvalue weighted by molar-refractivity contribution is 5.51. The molecule has 0 saturated heterocycles. The average molecular weight is 276 g/mol. The molecule has 1 aromatic carbocycles. The smallest absolute Gasteiger partial charge is 0.142 e. The number of nitrogens with zero attached hydrogens (tertiary/aromatic N) is 1. The third-order valence-corrected chi connectivity index (χ3v) is 4.44. The molecule has 3 heteroatoms. The Kier molecular flexibility index (Phi) is 5.72. The molecule has 1 saturated carbocycles. The van der Waals surface area contributed by atoms with Gasteiger partial charge in [0.1, 0.15) is 5.75 Å². The molecule has 2 rings (SSSR count). The number of rotatable bonds is 6. The van der Waals surface area contributed by atoms with Crippen molar-refractivity contribution in [3.63, 3.8) is 0 Å². The summed E-state index contributed by atoms with van der Waals surface area (Å²) in [7, 11) is 2.25. The molecular weight excluding hydrogens is 248 g/mol. The first kappa shape index (κ1) is 15.2. The second-order valence-electron chi connectivity index (χ2n) is 6.13. The zero-order valence-corrected chi connectivity index (χ0v) is 12.8. The molecule has 0 amide bonds. The molecule has 0 unspecified atom stereocenters. The van der Waals surface area contributed by atoms with E-state index in [9.17, 15) is 0 Å². The molecule has 0 atom stereocenters. The lowest BCUT2D eigenvalue weighted by Crippen LogP contribution is -2.35. The van der Waals surface area contributed by atoms with E-state index in [4.69, 9.17) is 10.5 Å². The van der Waals surface area contributed by atoms with Crippen LogP contribution in [0.5, 0.6) is 5.75 Å². The van der Waals surface area contributed by atoms with Gasteiger partial charge in [0.15, 0.2) is 0 Å². The van der Waals surface area contributed by atoms with Crippen molar-refractivity contribution in [2.24, 2.45) is 5.92 Å². The van der Waals surface area contributed by atoms with E-state index in [0.717, 1.165) is 43.0 Å². The van der Waals surface area contributed by atoms with Crippen molar-refractivity contribution < 1.29 is 4.74 Å². The normalized spacial score (nSPS) is 22.9. The van der Waals surface area contributed by atoms with E-state index < -0.39 is 0 Å². The zero-order chi connectivity index (χ0) is 14.4. The molecule has 1 aliphatic carbocycles.